The number of hydrogen-bond donors (Lipinski definition) is 1. The summed E-state index contributed by atoms with van der Waals surface area (Å²) in [6.07, 6.45) is 0.466. The zero-order valence-electron chi connectivity index (χ0n) is 21.6. The van der Waals surface area contributed by atoms with Gasteiger partial charge in [0.25, 0.3) is 5.91 Å². The number of halogens is 1. The number of hydrogen-bond acceptors (Lipinski definition) is 6. The van der Waals surface area contributed by atoms with E-state index >= 15 is 0 Å². The Morgan fingerprint density at radius 1 is 1.05 bits per heavy atom. The standard InChI is InChI=1S/C29H28FN3O5S/c1-3-38-28(36)20-6-12-23(13-7-20)33-26(34)18-25(27(33)35)32(17-16-19-4-14-24(37-2)15-5-19)29(39)31-22-10-8-21(30)9-11-22/h4-15,25H,3,16-18H2,1-2H3,(H,31,39). The number of esters is 1. The normalized spacial score (nSPS) is 14.7. The first-order chi connectivity index (χ1) is 18.8. The van der Waals surface area contributed by atoms with Crippen molar-refractivity contribution in [1.29, 1.82) is 0 Å². The van der Waals surface area contributed by atoms with E-state index in [-0.39, 0.29) is 29.9 Å². The second kappa shape index (κ2) is 12.5. The van der Waals surface area contributed by atoms with Crippen molar-refractivity contribution < 1.29 is 28.2 Å². The quantitative estimate of drug-likeness (QED) is 0.236. The molecule has 8 nitrogen and oxygen atoms in total. The van der Waals surface area contributed by atoms with Gasteiger partial charge in [-0.15, -0.1) is 0 Å². The van der Waals surface area contributed by atoms with Crippen LogP contribution in [0.1, 0.15) is 29.3 Å². The maximum Gasteiger partial charge on any atom is 0.338 e. The average Bonchev–Trinajstić information content (AvgIpc) is 3.23. The molecular weight excluding hydrogens is 521 g/mol. The molecule has 0 spiro atoms. The molecule has 10 heteroatoms. The number of imide groups is 1. The lowest BCUT2D eigenvalue weighted by Crippen LogP contribution is -2.48. The van der Waals surface area contributed by atoms with Crippen molar-refractivity contribution in [2.24, 2.45) is 0 Å². The molecule has 0 aromatic heterocycles. The van der Waals surface area contributed by atoms with Gasteiger partial charge in [-0.2, -0.15) is 0 Å². The molecule has 4 rings (SSSR count). The Balaban J connectivity index is 1.56. The highest BCUT2D eigenvalue weighted by Crippen LogP contribution is 2.27. The summed E-state index contributed by atoms with van der Waals surface area (Å²) in [5, 5.41) is 3.30. The van der Waals surface area contributed by atoms with Crippen LogP contribution in [0.5, 0.6) is 5.75 Å². The van der Waals surface area contributed by atoms with Crippen LogP contribution < -0.4 is 15.0 Å². The highest BCUT2D eigenvalue weighted by molar-refractivity contribution is 7.80. The Morgan fingerprint density at radius 3 is 2.33 bits per heavy atom. The van der Waals surface area contributed by atoms with Crippen LogP contribution in [0.4, 0.5) is 15.8 Å². The predicted octanol–water partition coefficient (Wildman–Crippen LogP) is 4.58. The van der Waals surface area contributed by atoms with Crippen molar-refractivity contribution in [2.45, 2.75) is 25.8 Å². The number of ether oxygens (including phenoxy) is 2. The van der Waals surface area contributed by atoms with Gasteiger partial charge in [-0.25, -0.2) is 14.1 Å². The first-order valence-corrected chi connectivity index (χ1v) is 12.8. The minimum atomic E-state index is -0.846. The van der Waals surface area contributed by atoms with Crippen molar-refractivity contribution in [1.82, 2.24) is 4.90 Å². The number of carbonyl (C=O) groups excluding carboxylic acids is 3. The van der Waals surface area contributed by atoms with Gasteiger partial charge in [0.1, 0.15) is 17.6 Å². The fourth-order valence-electron chi connectivity index (χ4n) is 4.26. The zero-order chi connectivity index (χ0) is 27.9. The lowest BCUT2D eigenvalue weighted by molar-refractivity contribution is -0.122. The number of nitrogens with one attached hydrogen (secondary N) is 1. The number of nitrogens with zero attached hydrogens (tertiary/aromatic N) is 2. The monoisotopic (exact) mass is 549 g/mol. The smallest absolute Gasteiger partial charge is 0.338 e. The van der Waals surface area contributed by atoms with Crippen LogP contribution in [0.2, 0.25) is 0 Å². The number of benzene rings is 3. The third kappa shape index (κ3) is 6.58. The van der Waals surface area contributed by atoms with E-state index in [2.05, 4.69) is 5.32 Å². The van der Waals surface area contributed by atoms with E-state index in [0.29, 0.717) is 29.9 Å². The van der Waals surface area contributed by atoms with Gasteiger partial charge < -0.3 is 19.7 Å². The van der Waals surface area contributed by atoms with Gasteiger partial charge in [0, 0.05) is 12.2 Å². The van der Waals surface area contributed by atoms with Gasteiger partial charge in [-0.05, 0) is 91.8 Å². The first-order valence-electron chi connectivity index (χ1n) is 12.4. The molecule has 0 radical (unpaired) electrons. The fraction of sp³-hybridized carbons (Fsp3) is 0.241. The minimum absolute atomic E-state index is 0.0771. The lowest BCUT2D eigenvalue weighted by Gasteiger charge is -2.30. The Hall–Kier alpha value is -4.31. The van der Waals surface area contributed by atoms with E-state index in [1.165, 1.54) is 24.3 Å². The first kappa shape index (κ1) is 27.7. The zero-order valence-corrected chi connectivity index (χ0v) is 22.4. The van der Waals surface area contributed by atoms with Crippen LogP contribution in [0, 0.1) is 5.82 Å². The number of rotatable bonds is 9. The maximum absolute atomic E-state index is 13.6. The van der Waals surface area contributed by atoms with Crippen LogP contribution in [0.15, 0.2) is 72.8 Å². The molecule has 2 amide bonds. The molecule has 3 aromatic carbocycles. The summed E-state index contributed by atoms with van der Waals surface area (Å²) >= 11 is 5.67. The van der Waals surface area contributed by atoms with Gasteiger partial charge in [0.2, 0.25) is 5.91 Å². The van der Waals surface area contributed by atoms with Crippen molar-refractivity contribution in [3.63, 3.8) is 0 Å². The van der Waals surface area contributed by atoms with Gasteiger partial charge in [0.15, 0.2) is 5.11 Å². The molecular formula is C29H28FN3O5S. The Labute approximate surface area is 231 Å². The number of carbonyl (C=O) groups is 3. The molecule has 202 valence electrons. The molecule has 0 saturated carbocycles. The number of anilines is 2. The summed E-state index contributed by atoms with van der Waals surface area (Å²) in [6, 6.07) is 18.5. The number of methoxy groups -OCH3 is 1. The predicted molar refractivity (Wildman–Crippen MR) is 149 cm³/mol. The van der Waals surface area contributed by atoms with Gasteiger partial charge >= 0.3 is 5.97 Å². The van der Waals surface area contributed by atoms with Crippen LogP contribution in [0.3, 0.4) is 0 Å². The van der Waals surface area contributed by atoms with Gasteiger partial charge in [0.05, 0.1) is 31.4 Å². The summed E-state index contributed by atoms with van der Waals surface area (Å²) < 4.78 is 23.6. The number of amides is 2. The molecule has 1 aliphatic heterocycles. The molecule has 1 fully saturated rings. The van der Waals surface area contributed by atoms with Crippen LogP contribution in [0.25, 0.3) is 0 Å². The molecule has 0 bridgehead atoms. The minimum Gasteiger partial charge on any atom is -0.497 e. The van der Waals surface area contributed by atoms with Crippen molar-refractivity contribution in [3.05, 3.63) is 89.7 Å². The summed E-state index contributed by atoms with van der Waals surface area (Å²) in [5.41, 5.74) is 2.22. The molecule has 39 heavy (non-hydrogen) atoms. The van der Waals surface area contributed by atoms with E-state index in [4.69, 9.17) is 21.7 Å². The second-order valence-corrected chi connectivity index (χ2v) is 9.17. The molecule has 0 aliphatic carbocycles. The summed E-state index contributed by atoms with van der Waals surface area (Å²) in [7, 11) is 1.59. The van der Waals surface area contributed by atoms with Crippen LogP contribution >= 0.6 is 12.2 Å². The fourth-order valence-corrected chi connectivity index (χ4v) is 4.60. The third-order valence-electron chi connectivity index (χ3n) is 6.29. The van der Waals surface area contributed by atoms with E-state index in [9.17, 15) is 18.8 Å². The van der Waals surface area contributed by atoms with Crippen LogP contribution in [-0.4, -0.2) is 54.1 Å². The highest BCUT2D eigenvalue weighted by atomic mass is 32.1. The van der Waals surface area contributed by atoms with E-state index < -0.39 is 17.9 Å². The van der Waals surface area contributed by atoms with Crippen LogP contribution in [-0.2, 0) is 20.7 Å². The van der Waals surface area contributed by atoms with E-state index in [1.807, 2.05) is 24.3 Å². The third-order valence-corrected chi connectivity index (χ3v) is 6.63. The van der Waals surface area contributed by atoms with E-state index in [0.717, 1.165) is 16.2 Å². The summed E-state index contributed by atoms with van der Waals surface area (Å²) in [5.74, 6) is -0.952. The Morgan fingerprint density at radius 2 is 1.72 bits per heavy atom. The van der Waals surface area contributed by atoms with Gasteiger partial charge in [-0.3, -0.25) is 9.59 Å². The largest absolute Gasteiger partial charge is 0.497 e. The topological polar surface area (TPSA) is 88.2 Å². The Kier molecular flexibility index (Phi) is 8.88. The highest BCUT2D eigenvalue weighted by Gasteiger charge is 2.43. The molecule has 1 N–H and O–H groups in total. The van der Waals surface area contributed by atoms with E-state index in [1.54, 1.807) is 43.2 Å². The van der Waals surface area contributed by atoms with Crippen molar-refractivity contribution in [3.8, 4) is 5.75 Å². The average molecular weight is 550 g/mol. The molecule has 1 unspecified atom stereocenters. The molecule has 1 aliphatic rings. The van der Waals surface area contributed by atoms with Gasteiger partial charge in [-0.1, -0.05) is 12.1 Å². The molecule has 1 heterocycles. The molecule has 1 saturated heterocycles. The summed E-state index contributed by atoms with van der Waals surface area (Å²) in [4.78, 5) is 41.4. The number of thiocarbonyl (C=S) groups is 1. The van der Waals surface area contributed by atoms with Crippen molar-refractivity contribution >= 4 is 46.5 Å². The summed E-state index contributed by atoms with van der Waals surface area (Å²) in [6.45, 7) is 2.30. The molecule has 1 atom stereocenters. The lowest BCUT2D eigenvalue weighted by atomic mass is 10.1. The SMILES string of the molecule is CCOC(=O)c1ccc(N2C(=O)CC(N(CCc3ccc(OC)cc3)C(=S)Nc3ccc(F)cc3)C2=O)cc1. The molecule has 3 aromatic rings. The Bertz CT molecular complexity index is 1350. The maximum atomic E-state index is 13.6. The second-order valence-electron chi connectivity index (χ2n) is 8.78. The van der Waals surface area contributed by atoms with Crippen molar-refractivity contribution in [2.75, 3.05) is 30.5 Å².